The molecule has 104 valence electrons. The van der Waals surface area contributed by atoms with Crippen LogP contribution in [0.4, 0.5) is 10.5 Å². The van der Waals surface area contributed by atoms with Gasteiger partial charge in [0.25, 0.3) is 5.91 Å². The van der Waals surface area contributed by atoms with Crippen LogP contribution in [0.5, 0.6) is 11.5 Å². The summed E-state index contributed by atoms with van der Waals surface area (Å²) in [5, 5.41) is 24.7. The van der Waals surface area contributed by atoms with E-state index in [2.05, 4.69) is 5.32 Å². The summed E-state index contributed by atoms with van der Waals surface area (Å²) in [6.45, 7) is 0. The van der Waals surface area contributed by atoms with Crippen LogP contribution in [0.1, 0.15) is 5.56 Å². The molecular formula is C11H9N3O6. The van der Waals surface area contributed by atoms with Gasteiger partial charge in [-0.25, -0.2) is 4.79 Å². The number of rotatable bonds is 3. The first kappa shape index (κ1) is 13.3. The van der Waals surface area contributed by atoms with Gasteiger partial charge in [-0.05, 0) is 17.7 Å². The van der Waals surface area contributed by atoms with Crippen LogP contribution < -0.4 is 15.4 Å². The fourth-order valence-corrected chi connectivity index (χ4v) is 1.64. The van der Waals surface area contributed by atoms with Crippen LogP contribution in [-0.2, 0) is 4.79 Å². The summed E-state index contributed by atoms with van der Waals surface area (Å²) >= 11 is 0. The Hall–Kier alpha value is -3.10. The van der Waals surface area contributed by atoms with E-state index in [1.165, 1.54) is 19.3 Å². The number of hydrogen-bond donors (Lipinski definition) is 3. The van der Waals surface area contributed by atoms with Gasteiger partial charge in [-0.1, -0.05) is 0 Å². The highest BCUT2D eigenvalue weighted by Crippen LogP contribution is 2.37. The number of nitrogens with one attached hydrogen (secondary N) is 2. The van der Waals surface area contributed by atoms with Crippen LogP contribution in [0, 0.1) is 10.1 Å². The molecule has 1 heterocycles. The summed E-state index contributed by atoms with van der Waals surface area (Å²) in [5.41, 5.74) is -0.406. The monoisotopic (exact) mass is 279 g/mol. The van der Waals surface area contributed by atoms with E-state index >= 15 is 0 Å². The highest BCUT2D eigenvalue weighted by atomic mass is 16.6. The van der Waals surface area contributed by atoms with Gasteiger partial charge in [0, 0.05) is 6.07 Å². The summed E-state index contributed by atoms with van der Waals surface area (Å²) in [5.74, 6) is -1.37. The largest absolute Gasteiger partial charge is 0.500 e. The molecule has 20 heavy (non-hydrogen) atoms. The zero-order valence-electron chi connectivity index (χ0n) is 10.2. The predicted molar refractivity (Wildman–Crippen MR) is 66.0 cm³/mol. The second kappa shape index (κ2) is 4.88. The van der Waals surface area contributed by atoms with E-state index in [1.807, 2.05) is 5.32 Å². The van der Waals surface area contributed by atoms with Crippen LogP contribution in [-0.4, -0.2) is 29.1 Å². The van der Waals surface area contributed by atoms with Crippen molar-refractivity contribution in [2.24, 2.45) is 0 Å². The number of nitro groups is 1. The highest BCUT2D eigenvalue weighted by molar-refractivity contribution is 6.14. The van der Waals surface area contributed by atoms with Gasteiger partial charge >= 0.3 is 11.7 Å². The molecule has 9 nitrogen and oxygen atoms in total. The summed E-state index contributed by atoms with van der Waals surface area (Å²) in [4.78, 5) is 32.3. The summed E-state index contributed by atoms with van der Waals surface area (Å²) in [6, 6.07) is 1.68. The number of phenols is 1. The number of nitro benzene ring substituents is 1. The smallest absolute Gasteiger partial charge is 0.326 e. The Balaban J connectivity index is 2.50. The number of imide groups is 1. The molecule has 1 aliphatic rings. The van der Waals surface area contributed by atoms with Crippen molar-refractivity contribution in [1.82, 2.24) is 10.6 Å². The molecule has 0 aliphatic carbocycles. The highest BCUT2D eigenvalue weighted by Gasteiger charge is 2.24. The number of aromatic hydroxyl groups is 1. The third-order valence-corrected chi connectivity index (χ3v) is 2.52. The first-order chi connectivity index (χ1) is 9.42. The van der Waals surface area contributed by atoms with Gasteiger partial charge < -0.3 is 15.2 Å². The summed E-state index contributed by atoms with van der Waals surface area (Å²) in [7, 11) is 1.24. The Labute approximate surface area is 112 Å². The van der Waals surface area contributed by atoms with Crippen LogP contribution >= 0.6 is 0 Å². The Bertz CT molecular complexity index is 652. The maximum atomic E-state index is 11.4. The fraction of sp³-hybridized carbons (Fsp3) is 0.0909. The van der Waals surface area contributed by atoms with Gasteiger partial charge in [-0.3, -0.25) is 20.2 Å². The average molecular weight is 279 g/mol. The molecule has 9 heteroatoms. The molecule has 0 spiro atoms. The number of methoxy groups -OCH3 is 1. The molecular weight excluding hydrogens is 270 g/mol. The standard InChI is InChI=1S/C11H9N3O6/c1-20-8-4-5(3-7(9(8)15)14(18)19)2-6-10(16)13-11(17)12-6/h2-4,15H,1H3,(H2,12,13,16,17)/b6-2-. The van der Waals surface area contributed by atoms with Crippen molar-refractivity contribution in [1.29, 1.82) is 0 Å². The number of carbonyl (C=O) groups is 2. The lowest BCUT2D eigenvalue weighted by atomic mass is 10.1. The van der Waals surface area contributed by atoms with E-state index in [4.69, 9.17) is 4.74 Å². The molecule has 1 aromatic rings. The second-order valence-electron chi connectivity index (χ2n) is 3.81. The zero-order valence-corrected chi connectivity index (χ0v) is 10.2. The third-order valence-electron chi connectivity index (χ3n) is 2.52. The minimum atomic E-state index is -0.785. The molecule has 0 aromatic heterocycles. The average Bonchev–Trinajstić information content (AvgIpc) is 2.69. The first-order valence-electron chi connectivity index (χ1n) is 5.32. The number of hydrogen-bond acceptors (Lipinski definition) is 6. The lowest BCUT2D eigenvalue weighted by Crippen LogP contribution is -2.22. The van der Waals surface area contributed by atoms with Gasteiger partial charge in [0.05, 0.1) is 12.0 Å². The minimum absolute atomic E-state index is 0.0583. The van der Waals surface area contributed by atoms with Crippen LogP contribution in [0.15, 0.2) is 17.8 Å². The van der Waals surface area contributed by atoms with Crippen molar-refractivity contribution in [2.45, 2.75) is 0 Å². The number of benzene rings is 1. The quantitative estimate of drug-likeness (QED) is 0.319. The molecule has 0 bridgehead atoms. The van der Waals surface area contributed by atoms with Crippen molar-refractivity contribution in [2.75, 3.05) is 7.11 Å². The number of phenolic OH excluding ortho intramolecular Hbond substituents is 1. The van der Waals surface area contributed by atoms with Crippen molar-refractivity contribution in [3.05, 3.63) is 33.5 Å². The lowest BCUT2D eigenvalue weighted by Gasteiger charge is -2.05. The lowest BCUT2D eigenvalue weighted by molar-refractivity contribution is -0.386. The zero-order chi connectivity index (χ0) is 14.9. The first-order valence-corrected chi connectivity index (χ1v) is 5.32. The maximum absolute atomic E-state index is 11.4. The third kappa shape index (κ3) is 2.36. The minimum Gasteiger partial charge on any atom is -0.500 e. The Morgan fingerprint density at radius 2 is 2.05 bits per heavy atom. The second-order valence-corrected chi connectivity index (χ2v) is 3.81. The van der Waals surface area contributed by atoms with Crippen molar-refractivity contribution in [3.8, 4) is 11.5 Å². The van der Waals surface area contributed by atoms with Gasteiger partial charge in [-0.2, -0.15) is 0 Å². The van der Waals surface area contributed by atoms with E-state index in [-0.39, 0.29) is 17.0 Å². The van der Waals surface area contributed by atoms with Gasteiger partial charge in [0.2, 0.25) is 5.75 Å². The van der Waals surface area contributed by atoms with Crippen molar-refractivity contribution < 1.29 is 24.4 Å². The Morgan fingerprint density at radius 1 is 1.35 bits per heavy atom. The van der Waals surface area contributed by atoms with E-state index in [1.54, 1.807) is 0 Å². The molecule has 3 N–H and O–H groups in total. The topological polar surface area (TPSA) is 131 Å². The number of carbonyl (C=O) groups excluding carboxylic acids is 2. The SMILES string of the molecule is COc1cc(/C=C2\NC(=O)NC2=O)cc([N+](=O)[O-])c1O. The number of urea groups is 1. The van der Waals surface area contributed by atoms with E-state index in [0.717, 1.165) is 6.07 Å². The Morgan fingerprint density at radius 3 is 2.55 bits per heavy atom. The molecule has 1 aromatic carbocycles. The number of ether oxygens (including phenoxy) is 1. The molecule has 0 unspecified atom stereocenters. The van der Waals surface area contributed by atoms with Gasteiger partial charge in [0.1, 0.15) is 5.70 Å². The number of nitrogens with zero attached hydrogens (tertiary/aromatic N) is 1. The van der Waals surface area contributed by atoms with Crippen molar-refractivity contribution in [3.63, 3.8) is 0 Å². The molecule has 1 saturated heterocycles. The Kier molecular flexibility index (Phi) is 3.25. The van der Waals surface area contributed by atoms with Gasteiger partial charge in [0.15, 0.2) is 5.75 Å². The van der Waals surface area contributed by atoms with Crippen LogP contribution in [0.3, 0.4) is 0 Å². The van der Waals surface area contributed by atoms with Crippen molar-refractivity contribution >= 4 is 23.7 Å². The molecule has 3 amide bonds. The van der Waals surface area contributed by atoms with E-state index in [9.17, 15) is 24.8 Å². The number of amides is 3. The molecule has 0 saturated carbocycles. The summed E-state index contributed by atoms with van der Waals surface area (Å²) < 4.78 is 4.82. The molecule has 0 radical (unpaired) electrons. The molecule has 1 fully saturated rings. The predicted octanol–water partition coefficient (Wildman–Crippen LogP) is 0.489. The van der Waals surface area contributed by atoms with E-state index < -0.39 is 28.3 Å². The molecule has 0 atom stereocenters. The van der Waals surface area contributed by atoms with Crippen LogP contribution in [0.25, 0.3) is 6.08 Å². The van der Waals surface area contributed by atoms with E-state index in [0.29, 0.717) is 0 Å². The fourth-order valence-electron chi connectivity index (χ4n) is 1.64. The molecule has 1 aliphatic heterocycles. The van der Waals surface area contributed by atoms with Crippen LogP contribution in [0.2, 0.25) is 0 Å². The normalized spacial score (nSPS) is 15.9. The maximum Gasteiger partial charge on any atom is 0.326 e. The summed E-state index contributed by atoms with van der Waals surface area (Å²) in [6.07, 6.45) is 1.23. The van der Waals surface area contributed by atoms with Gasteiger partial charge in [-0.15, -0.1) is 0 Å². The molecule has 2 rings (SSSR count).